The number of allylic oxidation sites excluding steroid dienone is 3. The van der Waals surface area contributed by atoms with E-state index in [-0.39, 0.29) is 0 Å². The van der Waals surface area contributed by atoms with Gasteiger partial charge in [-0.15, -0.1) is 0 Å². The number of likely N-dealkylation sites (tertiary alicyclic amines) is 1. The SMILES string of the molecule is C=CC(=C(C)C)c1nn(-c2ccc(N3CCC4C(CCN4C4COC4)C3)nc2)cc1CC.CC. The van der Waals surface area contributed by atoms with Gasteiger partial charge in [-0.1, -0.05) is 39.0 Å². The van der Waals surface area contributed by atoms with Crippen LogP contribution in [0.1, 0.15) is 58.7 Å². The van der Waals surface area contributed by atoms with Gasteiger partial charge in [0.2, 0.25) is 0 Å². The zero-order valence-electron chi connectivity index (χ0n) is 21.6. The lowest BCUT2D eigenvalue weighted by atomic mass is 9.92. The zero-order valence-corrected chi connectivity index (χ0v) is 21.6. The smallest absolute Gasteiger partial charge is 0.128 e. The number of nitrogens with zero attached hydrogens (tertiary/aromatic N) is 5. The molecule has 2 aromatic rings. The predicted molar refractivity (Wildman–Crippen MR) is 141 cm³/mol. The summed E-state index contributed by atoms with van der Waals surface area (Å²) in [5.41, 5.74) is 5.60. The molecule has 0 N–H and O–H groups in total. The largest absolute Gasteiger partial charge is 0.378 e. The quantitative estimate of drug-likeness (QED) is 0.556. The second kappa shape index (κ2) is 10.9. The average molecular weight is 464 g/mol. The first-order valence-electron chi connectivity index (χ1n) is 13.0. The first kappa shape index (κ1) is 24.7. The molecule has 2 aromatic heterocycles. The lowest BCUT2D eigenvalue weighted by Gasteiger charge is -2.43. The number of rotatable bonds is 6. The molecule has 3 aliphatic rings. The van der Waals surface area contributed by atoms with Crippen LogP contribution in [0, 0.1) is 5.92 Å². The van der Waals surface area contributed by atoms with E-state index >= 15 is 0 Å². The monoisotopic (exact) mass is 463 g/mol. The summed E-state index contributed by atoms with van der Waals surface area (Å²) in [7, 11) is 0. The number of hydrogen-bond donors (Lipinski definition) is 0. The standard InChI is InChI=1S/C26H35N5O.C2H6/c1-5-19-15-31(28-26(19)23(6-2)18(3)4)21-7-8-25(27-13-21)29-11-10-24-20(14-29)9-12-30(24)22-16-32-17-22;1-2/h6-8,13,15,20,22,24H,2,5,9-12,14,16-17H2,1,3-4H3;1-2H3. The lowest BCUT2D eigenvalue weighted by Crippen LogP contribution is -2.54. The van der Waals surface area contributed by atoms with E-state index in [1.54, 1.807) is 0 Å². The predicted octanol–water partition coefficient (Wildman–Crippen LogP) is 5.13. The number of anilines is 1. The van der Waals surface area contributed by atoms with Gasteiger partial charge in [-0.3, -0.25) is 4.90 Å². The van der Waals surface area contributed by atoms with E-state index in [4.69, 9.17) is 14.8 Å². The van der Waals surface area contributed by atoms with Gasteiger partial charge in [0.25, 0.3) is 0 Å². The van der Waals surface area contributed by atoms with Crippen LogP contribution in [0.2, 0.25) is 0 Å². The van der Waals surface area contributed by atoms with Gasteiger partial charge in [0.1, 0.15) is 5.82 Å². The molecule has 6 nitrogen and oxygen atoms in total. The molecule has 3 aliphatic heterocycles. The minimum absolute atomic E-state index is 0.661. The lowest BCUT2D eigenvalue weighted by molar-refractivity contribution is -0.0732. The van der Waals surface area contributed by atoms with Gasteiger partial charge in [0.15, 0.2) is 0 Å². The van der Waals surface area contributed by atoms with Crippen molar-refractivity contribution in [3.63, 3.8) is 0 Å². The van der Waals surface area contributed by atoms with Crippen LogP contribution in [-0.4, -0.2) is 64.6 Å². The van der Waals surface area contributed by atoms with Crippen LogP contribution in [-0.2, 0) is 11.2 Å². The Morgan fingerprint density at radius 1 is 1.18 bits per heavy atom. The molecule has 5 rings (SSSR count). The molecule has 3 saturated heterocycles. The summed E-state index contributed by atoms with van der Waals surface area (Å²) >= 11 is 0. The Morgan fingerprint density at radius 2 is 1.97 bits per heavy atom. The summed E-state index contributed by atoms with van der Waals surface area (Å²) < 4.78 is 7.39. The fourth-order valence-corrected chi connectivity index (χ4v) is 5.56. The van der Waals surface area contributed by atoms with Crippen LogP contribution < -0.4 is 4.90 Å². The number of aryl methyl sites for hydroxylation is 1. The Morgan fingerprint density at radius 3 is 2.56 bits per heavy atom. The van der Waals surface area contributed by atoms with Crippen LogP contribution in [0.4, 0.5) is 5.82 Å². The second-order valence-corrected chi connectivity index (χ2v) is 9.57. The molecule has 0 aromatic carbocycles. The van der Waals surface area contributed by atoms with Crippen LogP contribution >= 0.6 is 0 Å². The summed E-state index contributed by atoms with van der Waals surface area (Å²) in [5, 5.41) is 4.89. The molecule has 0 saturated carbocycles. The van der Waals surface area contributed by atoms with Crippen LogP contribution in [0.3, 0.4) is 0 Å². The van der Waals surface area contributed by atoms with Crippen LogP contribution in [0.5, 0.6) is 0 Å². The third-order valence-corrected chi connectivity index (χ3v) is 7.46. The number of fused-ring (bicyclic) bond motifs is 1. The Bertz CT molecular complexity index is 1000. The highest BCUT2D eigenvalue weighted by Gasteiger charge is 2.43. The average Bonchev–Trinajstić information content (AvgIpc) is 3.44. The van der Waals surface area contributed by atoms with E-state index in [2.05, 4.69) is 55.5 Å². The number of piperidine rings is 1. The van der Waals surface area contributed by atoms with Gasteiger partial charge >= 0.3 is 0 Å². The van der Waals surface area contributed by atoms with Crippen molar-refractivity contribution >= 4 is 11.4 Å². The third kappa shape index (κ3) is 4.71. The molecular formula is C28H41N5O. The normalized spacial score (nSPS) is 22.4. The Hall–Kier alpha value is -2.44. The highest BCUT2D eigenvalue weighted by molar-refractivity contribution is 5.75. The first-order chi connectivity index (χ1) is 16.6. The number of pyridine rings is 1. The summed E-state index contributed by atoms with van der Waals surface area (Å²) in [4.78, 5) is 10.0. The molecule has 184 valence electrons. The van der Waals surface area contributed by atoms with Crippen molar-refractivity contribution in [2.24, 2.45) is 5.92 Å². The number of ether oxygens (including phenoxy) is 1. The van der Waals surface area contributed by atoms with Gasteiger partial charge in [-0.25, -0.2) is 9.67 Å². The maximum absolute atomic E-state index is 5.44. The fourth-order valence-electron chi connectivity index (χ4n) is 5.56. The molecule has 6 heteroatoms. The van der Waals surface area contributed by atoms with E-state index in [1.807, 2.05) is 30.8 Å². The summed E-state index contributed by atoms with van der Waals surface area (Å²) in [6, 6.07) is 5.69. The highest BCUT2D eigenvalue weighted by atomic mass is 16.5. The topological polar surface area (TPSA) is 46.4 Å². The molecule has 3 fully saturated rings. The van der Waals surface area contributed by atoms with Crippen molar-refractivity contribution in [1.29, 1.82) is 0 Å². The van der Waals surface area contributed by atoms with E-state index in [0.29, 0.717) is 6.04 Å². The molecule has 2 unspecified atom stereocenters. The Labute approximate surface area is 205 Å². The van der Waals surface area contributed by atoms with Gasteiger partial charge in [0, 0.05) is 30.9 Å². The molecule has 2 atom stereocenters. The molecule has 34 heavy (non-hydrogen) atoms. The van der Waals surface area contributed by atoms with Gasteiger partial charge in [-0.05, 0) is 63.3 Å². The minimum Gasteiger partial charge on any atom is -0.378 e. The summed E-state index contributed by atoms with van der Waals surface area (Å²) in [5.74, 6) is 1.82. The highest BCUT2D eigenvalue weighted by Crippen LogP contribution is 2.35. The number of hydrogen-bond acceptors (Lipinski definition) is 5. The summed E-state index contributed by atoms with van der Waals surface area (Å²) in [6.07, 6.45) is 9.45. The van der Waals surface area contributed by atoms with E-state index in [1.165, 1.54) is 30.5 Å². The van der Waals surface area contributed by atoms with Crippen molar-refractivity contribution in [2.45, 2.75) is 66.0 Å². The van der Waals surface area contributed by atoms with Crippen molar-refractivity contribution in [3.05, 3.63) is 54.0 Å². The summed E-state index contributed by atoms with van der Waals surface area (Å²) in [6.45, 7) is 19.6. The molecule has 0 radical (unpaired) electrons. The molecule has 0 amide bonds. The van der Waals surface area contributed by atoms with Crippen molar-refractivity contribution < 1.29 is 4.74 Å². The van der Waals surface area contributed by atoms with Gasteiger partial charge in [-0.2, -0.15) is 5.10 Å². The van der Waals surface area contributed by atoms with Gasteiger partial charge in [0.05, 0.1) is 36.8 Å². The third-order valence-electron chi connectivity index (χ3n) is 7.46. The van der Waals surface area contributed by atoms with Crippen molar-refractivity contribution in [1.82, 2.24) is 19.7 Å². The maximum atomic E-state index is 5.44. The molecular weight excluding hydrogens is 422 g/mol. The molecule has 0 bridgehead atoms. The minimum atomic E-state index is 0.661. The van der Waals surface area contributed by atoms with E-state index in [9.17, 15) is 0 Å². The fraction of sp³-hybridized carbons (Fsp3) is 0.571. The van der Waals surface area contributed by atoms with Crippen LogP contribution in [0.25, 0.3) is 11.3 Å². The van der Waals surface area contributed by atoms with E-state index < -0.39 is 0 Å². The number of aromatic nitrogens is 3. The van der Waals surface area contributed by atoms with Crippen molar-refractivity contribution in [2.75, 3.05) is 37.7 Å². The Balaban J connectivity index is 0.00000133. The first-order valence-corrected chi connectivity index (χ1v) is 13.0. The zero-order chi connectivity index (χ0) is 24.2. The maximum Gasteiger partial charge on any atom is 0.128 e. The second-order valence-electron chi connectivity index (χ2n) is 9.57. The van der Waals surface area contributed by atoms with Crippen molar-refractivity contribution in [3.8, 4) is 5.69 Å². The van der Waals surface area contributed by atoms with Crippen LogP contribution in [0.15, 0.2) is 42.8 Å². The molecule has 0 aliphatic carbocycles. The molecule has 0 spiro atoms. The molecule has 5 heterocycles. The Kier molecular flexibility index (Phi) is 7.89. The van der Waals surface area contributed by atoms with E-state index in [0.717, 1.165) is 67.5 Å². The van der Waals surface area contributed by atoms with Gasteiger partial charge < -0.3 is 9.64 Å².